The first-order valence-corrected chi connectivity index (χ1v) is 7.76. The van der Waals surface area contributed by atoms with Crippen LogP contribution in [0.2, 0.25) is 0 Å². The van der Waals surface area contributed by atoms with Gasteiger partial charge in [-0.2, -0.15) is 5.10 Å². The minimum atomic E-state index is -0.705. The van der Waals surface area contributed by atoms with Crippen molar-refractivity contribution in [2.45, 2.75) is 25.7 Å². The molecule has 0 atom stereocenters. The Kier molecular flexibility index (Phi) is 4.75. The number of ether oxygens (including phenoxy) is 2. The van der Waals surface area contributed by atoms with E-state index in [9.17, 15) is 9.59 Å². The number of benzene rings is 1. The molecule has 0 bridgehead atoms. The Hall–Kier alpha value is -2.57. The van der Waals surface area contributed by atoms with E-state index in [2.05, 4.69) is 10.5 Å². The van der Waals surface area contributed by atoms with E-state index >= 15 is 0 Å². The molecule has 1 N–H and O–H groups in total. The fourth-order valence-corrected chi connectivity index (χ4v) is 2.62. The molecule has 1 fully saturated rings. The highest BCUT2D eigenvalue weighted by Crippen LogP contribution is 2.31. The smallest absolute Gasteiger partial charge is 0.329 e. The molecule has 0 aromatic heterocycles. The number of likely N-dealkylation sites (tertiary alicyclic amines) is 1. The quantitative estimate of drug-likeness (QED) is 0.506. The van der Waals surface area contributed by atoms with Crippen LogP contribution in [0.1, 0.15) is 31.2 Å². The zero-order valence-corrected chi connectivity index (χ0v) is 12.8. The van der Waals surface area contributed by atoms with Crippen molar-refractivity contribution in [3.8, 4) is 11.5 Å². The molecule has 7 nitrogen and oxygen atoms in total. The molecule has 2 heterocycles. The molecule has 122 valence electrons. The van der Waals surface area contributed by atoms with Gasteiger partial charge in [-0.15, -0.1) is 0 Å². The van der Waals surface area contributed by atoms with Crippen LogP contribution in [-0.2, 0) is 9.59 Å². The summed E-state index contributed by atoms with van der Waals surface area (Å²) in [5.74, 6) is 0.0991. The summed E-state index contributed by atoms with van der Waals surface area (Å²) in [6.07, 6.45) is 5.57. The van der Waals surface area contributed by atoms with Crippen LogP contribution in [-0.4, -0.2) is 42.8 Å². The average Bonchev–Trinajstić information content (AvgIpc) is 2.86. The van der Waals surface area contributed by atoms with Crippen molar-refractivity contribution in [2.75, 3.05) is 19.9 Å². The van der Waals surface area contributed by atoms with Crippen molar-refractivity contribution >= 4 is 18.0 Å². The van der Waals surface area contributed by atoms with Crippen LogP contribution in [0.15, 0.2) is 23.3 Å². The van der Waals surface area contributed by atoms with E-state index in [0.29, 0.717) is 24.6 Å². The van der Waals surface area contributed by atoms with Gasteiger partial charge in [0, 0.05) is 13.1 Å². The summed E-state index contributed by atoms with van der Waals surface area (Å²) in [7, 11) is 0. The van der Waals surface area contributed by atoms with Gasteiger partial charge >= 0.3 is 11.8 Å². The van der Waals surface area contributed by atoms with E-state index in [1.807, 2.05) is 0 Å². The average molecular weight is 317 g/mol. The Bertz CT molecular complexity index is 622. The summed E-state index contributed by atoms with van der Waals surface area (Å²) in [6, 6.07) is 5.32. The topological polar surface area (TPSA) is 80.2 Å². The van der Waals surface area contributed by atoms with Gasteiger partial charge in [-0.25, -0.2) is 5.43 Å². The first-order valence-electron chi connectivity index (χ1n) is 7.76. The Labute approximate surface area is 134 Å². The van der Waals surface area contributed by atoms with Crippen LogP contribution >= 0.6 is 0 Å². The van der Waals surface area contributed by atoms with Crippen LogP contribution in [0.25, 0.3) is 0 Å². The van der Waals surface area contributed by atoms with E-state index in [1.54, 1.807) is 23.1 Å². The van der Waals surface area contributed by atoms with Crippen LogP contribution in [0, 0.1) is 0 Å². The summed E-state index contributed by atoms with van der Waals surface area (Å²) in [4.78, 5) is 25.5. The van der Waals surface area contributed by atoms with Gasteiger partial charge in [0.25, 0.3) is 0 Å². The summed E-state index contributed by atoms with van der Waals surface area (Å²) in [5, 5.41) is 3.84. The minimum absolute atomic E-state index is 0.205. The van der Waals surface area contributed by atoms with E-state index in [1.165, 1.54) is 6.21 Å². The van der Waals surface area contributed by atoms with Gasteiger partial charge in [0.1, 0.15) is 0 Å². The van der Waals surface area contributed by atoms with Gasteiger partial charge in [-0.3, -0.25) is 9.59 Å². The van der Waals surface area contributed by atoms with Crippen LogP contribution in [0.3, 0.4) is 0 Å². The SMILES string of the molecule is O=C(NN=Cc1ccc2c(c1)OCO2)C(=O)N1CCCCCC1. The summed E-state index contributed by atoms with van der Waals surface area (Å²) in [5.41, 5.74) is 3.03. The zero-order valence-electron chi connectivity index (χ0n) is 12.8. The minimum Gasteiger partial charge on any atom is -0.454 e. The lowest BCUT2D eigenvalue weighted by atomic mass is 10.2. The van der Waals surface area contributed by atoms with Crippen LogP contribution < -0.4 is 14.9 Å². The lowest BCUT2D eigenvalue weighted by Gasteiger charge is -2.18. The van der Waals surface area contributed by atoms with Gasteiger partial charge in [-0.1, -0.05) is 12.8 Å². The Morgan fingerprint density at radius 3 is 2.61 bits per heavy atom. The molecule has 0 aliphatic carbocycles. The predicted molar refractivity (Wildman–Crippen MR) is 83.3 cm³/mol. The maximum absolute atomic E-state index is 12.1. The van der Waals surface area contributed by atoms with Crippen LogP contribution in [0.5, 0.6) is 11.5 Å². The normalized spacial score (nSPS) is 17.1. The molecule has 2 amide bonds. The second-order valence-electron chi connectivity index (χ2n) is 5.52. The molecule has 1 aromatic rings. The highest BCUT2D eigenvalue weighted by atomic mass is 16.7. The molecule has 0 radical (unpaired) electrons. The number of hydrogen-bond acceptors (Lipinski definition) is 5. The highest BCUT2D eigenvalue weighted by molar-refractivity contribution is 6.35. The third-order valence-electron chi connectivity index (χ3n) is 3.86. The van der Waals surface area contributed by atoms with E-state index in [0.717, 1.165) is 31.2 Å². The molecule has 1 aromatic carbocycles. The van der Waals surface area contributed by atoms with Crippen molar-refractivity contribution < 1.29 is 19.1 Å². The molecular formula is C16H19N3O4. The fourth-order valence-electron chi connectivity index (χ4n) is 2.62. The number of fused-ring (bicyclic) bond motifs is 1. The van der Waals surface area contributed by atoms with Gasteiger partial charge in [0.05, 0.1) is 6.21 Å². The number of hydrazone groups is 1. The van der Waals surface area contributed by atoms with Crippen molar-refractivity contribution in [1.29, 1.82) is 0 Å². The summed E-state index contributed by atoms with van der Waals surface area (Å²) >= 11 is 0. The third kappa shape index (κ3) is 3.80. The molecule has 0 saturated carbocycles. The Morgan fingerprint density at radius 1 is 1.09 bits per heavy atom. The number of carbonyl (C=O) groups is 2. The molecule has 0 spiro atoms. The number of nitrogens with zero attached hydrogens (tertiary/aromatic N) is 2. The van der Waals surface area contributed by atoms with Crippen molar-refractivity contribution in [1.82, 2.24) is 10.3 Å². The van der Waals surface area contributed by atoms with Crippen LogP contribution in [0.4, 0.5) is 0 Å². The largest absolute Gasteiger partial charge is 0.454 e. The first kappa shape index (κ1) is 15.3. The maximum Gasteiger partial charge on any atom is 0.329 e. The Morgan fingerprint density at radius 2 is 1.83 bits per heavy atom. The molecule has 23 heavy (non-hydrogen) atoms. The first-order chi connectivity index (χ1) is 11.2. The number of rotatable bonds is 2. The standard InChI is InChI=1S/C16H19N3O4/c20-15(16(21)19-7-3-1-2-4-8-19)18-17-10-12-5-6-13-14(9-12)23-11-22-13/h5-6,9-10H,1-4,7-8,11H2,(H,18,20). The summed E-state index contributed by atoms with van der Waals surface area (Å²) in [6.45, 7) is 1.48. The maximum atomic E-state index is 12.1. The van der Waals surface area contributed by atoms with Crippen molar-refractivity contribution in [3.05, 3.63) is 23.8 Å². The fraction of sp³-hybridized carbons (Fsp3) is 0.438. The highest BCUT2D eigenvalue weighted by Gasteiger charge is 2.22. The van der Waals surface area contributed by atoms with Gasteiger partial charge in [0.15, 0.2) is 11.5 Å². The van der Waals surface area contributed by atoms with Gasteiger partial charge in [-0.05, 0) is 36.6 Å². The second kappa shape index (κ2) is 7.13. The second-order valence-corrected chi connectivity index (χ2v) is 5.52. The number of amides is 2. The molecule has 2 aliphatic rings. The zero-order chi connectivity index (χ0) is 16.1. The molecule has 1 saturated heterocycles. The molecular weight excluding hydrogens is 298 g/mol. The third-order valence-corrected chi connectivity index (χ3v) is 3.86. The van der Waals surface area contributed by atoms with Gasteiger partial charge < -0.3 is 14.4 Å². The van der Waals surface area contributed by atoms with Crippen molar-refractivity contribution in [2.24, 2.45) is 5.10 Å². The van der Waals surface area contributed by atoms with E-state index < -0.39 is 11.8 Å². The van der Waals surface area contributed by atoms with Crippen molar-refractivity contribution in [3.63, 3.8) is 0 Å². The molecule has 3 rings (SSSR count). The molecule has 7 heteroatoms. The summed E-state index contributed by atoms with van der Waals surface area (Å²) < 4.78 is 10.5. The Balaban J connectivity index is 1.54. The number of hydrogen-bond donors (Lipinski definition) is 1. The lowest BCUT2D eigenvalue weighted by Crippen LogP contribution is -2.41. The number of nitrogens with one attached hydrogen (secondary N) is 1. The molecule has 0 unspecified atom stereocenters. The molecule has 2 aliphatic heterocycles. The van der Waals surface area contributed by atoms with E-state index in [-0.39, 0.29) is 6.79 Å². The van der Waals surface area contributed by atoms with Gasteiger partial charge in [0.2, 0.25) is 6.79 Å². The lowest BCUT2D eigenvalue weighted by molar-refractivity contribution is -0.145. The monoisotopic (exact) mass is 317 g/mol. The predicted octanol–water partition coefficient (Wildman–Crippen LogP) is 1.27. The van der Waals surface area contributed by atoms with E-state index in [4.69, 9.17) is 9.47 Å². The number of carbonyl (C=O) groups excluding carboxylic acids is 2.